The van der Waals surface area contributed by atoms with Gasteiger partial charge in [0.2, 0.25) is 0 Å². The first-order valence-electron chi connectivity index (χ1n) is 4.87. The lowest BCUT2D eigenvalue weighted by molar-refractivity contribution is 0.340. The van der Waals surface area contributed by atoms with E-state index >= 15 is 0 Å². The maximum absolute atomic E-state index is 6.08. The fourth-order valence-electron chi connectivity index (χ4n) is 2.15. The van der Waals surface area contributed by atoms with Crippen molar-refractivity contribution < 1.29 is 0 Å². The van der Waals surface area contributed by atoms with Crippen molar-refractivity contribution in [3.05, 3.63) is 0 Å². The van der Waals surface area contributed by atoms with E-state index in [0.29, 0.717) is 12.0 Å². The molecule has 1 heteroatoms. The predicted molar refractivity (Wildman–Crippen MR) is 49.3 cm³/mol. The van der Waals surface area contributed by atoms with Gasteiger partial charge in [0.1, 0.15) is 0 Å². The summed E-state index contributed by atoms with van der Waals surface area (Å²) >= 11 is 0. The van der Waals surface area contributed by atoms with Crippen LogP contribution in [0.2, 0.25) is 0 Å². The Labute approximate surface area is 70.4 Å². The quantitative estimate of drug-likeness (QED) is 0.651. The Morgan fingerprint density at radius 1 is 1.27 bits per heavy atom. The zero-order valence-electron chi connectivity index (χ0n) is 8.01. The molecule has 0 amide bonds. The highest BCUT2D eigenvalue weighted by molar-refractivity contribution is 4.82. The van der Waals surface area contributed by atoms with Gasteiger partial charge in [-0.25, -0.2) is 0 Å². The van der Waals surface area contributed by atoms with Crippen molar-refractivity contribution in [1.82, 2.24) is 0 Å². The molecule has 0 saturated heterocycles. The predicted octanol–water partition coefficient (Wildman–Crippen LogP) is 2.41. The Hall–Kier alpha value is -0.0400. The second kappa shape index (κ2) is 3.57. The van der Waals surface area contributed by atoms with Gasteiger partial charge < -0.3 is 5.73 Å². The first-order valence-corrected chi connectivity index (χ1v) is 4.87. The van der Waals surface area contributed by atoms with Gasteiger partial charge >= 0.3 is 0 Å². The summed E-state index contributed by atoms with van der Waals surface area (Å²) < 4.78 is 0. The van der Waals surface area contributed by atoms with E-state index < -0.39 is 0 Å². The number of hydrogen-bond donors (Lipinski definition) is 1. The van der Waals surface area contributed by atoms with Crippen LogP contribution < -0.4 is 5.73 Å². The molecule has 1 aliphatic rings. The fourth-order valence-corrected chi connectivity index (χ4v) is 2.15. The van der Waals surface area contributed by atoms with Crippen LogP contribution in [-0.4, -0.2) is 6.04 Å². The molecular weight excluding hydrogens is 134 g/mol. The Morgan fingerprint density at radius 2 is 1.91 bits per heavy atom. The van der Waals surface area contributed by atoms with E-state index in [-0.39, 0.29) is 0 Å². The number of rotatable bonds is 2. The molecule has 66 valence electrons. The van der Waals surface area contributed by atoms with Crippen molar-refractivity contribution in [2.24, 2.45) is 23.5 Å². The zero-order valence-corrected chi connectivity index (χ0v) is 8.01. The molecule has 1 nitrogen and oxygen atoms in total. The second-order valence-corrected chi connectivity index (χ2v) is 4.50. The summed E-state index contributed by atoms with van der Waals surface area (Å²) in [6.45, 7) is 6.80. The van der Waals surface area contributed by atoms with Crippen LogP contribution in [0, 0.1) is 17.8 Å². The monoisotopic (exact) mass is 155 g/mol. The van der Waals surface area contributed by atoms with Gasteiger partial charge in [-0.05, 0) is 30.6 Å². The van der Waals surface area contributed by atoms with Gasteiger partial charge in [0.05, 0.1) is 0 Å². The Kier molecular flexibility index (Phi) is 2.94. The third-order valence-electron chi connectivity index (χ3n) is 3.05. The van der Waals surface area contributed by atoms with Gasteiger partial charge in [0.15, 0.2) is 0 Å². The minimum absolute atomic E-state index is 0.444. The molecule has 1 saturated carbocycles. The van der Waals surface area contributed by atoms with Gasteiger partial charge in [0.25, 0.3) is 0 Å². The third-order valence-corrected chi connectivity index (χ3v) is 3.05. The summed E-state index contributed by atoms with van der Waals surface area (Å²) in [5.74, 6) is 2.39. The van der Waals surface area contributed by atoms with E-state index in [1.54, 1.807) is 0 Å². The summed E-state index contributed by atoms with van der Waals surface area (Å²) in [6, 6.07) is 0.444. The van der Waals surface area contributed by atoms with Crippen molar-refractivity contribution >= 4 is 0 Å². The van der Waals surface area contributed by atoms with Crippen molar-refractivity contribution in [2.45, 2.75) is 46.1 Å². The molecule has 0 aromatic carbocycles. The van der Waals surface area contributed by atoms with Crippen LogP contribution >= 0.6 is 0 Å². The normalized spacial score (nSPS) is 34.6. The van der Waals surface area contributed by atoms with E-state index in [1.807, 2.05) is 0 Å². The minimum atomic E-state index is 0.444. The maximum Gasteiger partial charge on any atom is 0.00904 e. The van der Waals surface area contributed by atoms with E-state index in [1.165, 1.54) is 19.3 Å². The summed E-state index contributed by atoms with van der Waals surface area (Å²) in [4.78, 5) is 0. The average Bonchev–Trinajstić information content (AvgIpc) is 2.34. The largest absolute Gasteiger partial charge is 0.327 e. The molecule has 0 bridgehead atoms. The third kappa shape index (κ3) is 2.19. The van der Waals surface area contributed by atoms with Crippen LogP contribution in [0.25, 0.3) is 0 Å². The molecule has 0 aromatic heterocycles. The van der Waals surface area contributed by atoms with Crippen molar-refractivity contribution in [3.8, 4) is 0 Å². The van der Waals surface area contributed by atoms with Crippen LogP contribution in [0.4, 0.5) is 0 Å². The van der Waals surface area contributed by atoms with E-state index in [9.17, 15) is 0 Å². The molecule has 1 aliphatic carbocycles. The highest BCUT2D eigenvalue weighted by Gasteiger charge is 2.27. The van der Waals surface area contributed by atoms with Crippen molar-refractivity contribution in [1.29, 1.82) is 0 Å². The topological polar surface area (TPSA) is 26.0 Å². The van der Waals surface area contributed by atoms with Crippen LogP contribution in [0.5, 0.6) is 0 Å². The Bertz CT molecular complexity index is 120. The standard InChI is InChI=1S/C10H21N/c1-7(2)10(11)9-5-4-8(3)6-9/h7-10H,4-6,11H2,1-3H3. The molecule has 0 radical (unpaired) electrons. The number of nitrogens with two attached hydrogens (primary N) is 1. The minimum Gasteiger partial charge on any atom is -0.327 e. The highest BCUT2D eigenvalue weighted by Crippen LogP contribution is 2.33. The summed E-state index contributed by atoms with van der Waals surface area (Å²) in [5.41, 5.74) is 6.08. The van der Waals surface area contributed by atoms with E-state index in [2.05, 4.69) is 20.8 Å². The number of hydrogen-bond acceptors (Lipinski definition) is 1. The van der Waals surface area contributed by atoms with Crippen LogP contribution in [-0.2, 0) is 0 Å². The van der Waals surface area contributed by atoms with Gasteiger partial charge in [-0.2, -0.15) is 0 Å². The lowest BCUT2D eigenvalue weighted by Crippen LogP contribution is -2.33. The SMILES string of the molecule is CC1CCC(C(N)C(C)C)C1. The van der Waals surface area contributed by atoms with Crippen molar-refractivity contribution in [2.75, 3.05) is 0 Å². The summed E-state index contributed by atoms with van der Waals surface area (Å²) in [5, 5.41) is 0. The molecule has 3 atom stereocenters. The smallest absolute Gasteiger partial charge is 0.00904 e. The van der Waals surface area contributed by atoms with Crippen molar-refractivity contribution in [3.63, 3.8) is 0 Å². The molecule has 1 fully saturated rings. The zero-order chi connectivity index (χ0) is 8.43. The molecule has 0 heterocycles. The molecule has 11 heavy (non-hydrogen) atoms. The molecule has 0 aromatic rings. The first kappa shape index (κ1) is 9.05. The average molecular weight is 155 g/mol. The Morgan fingerprint density at radius 3 is 2.27 bits per heavy atom. The maximum atomic E-state index is 6.08. The second-order valence-electron chi connectivity index (χ2n) is 4.50. The van der Waals surface area contributed by atoms with Gasteiger partial charge in [0, 0.05) is 6.04 Å². The van der Waals surface area contributed by atoms with Gasteiger partial charge in [-0.1, -0.05) is 27.2 Å². The molecule has 0 aliphatic heterocycles. The van der Waals surface area contributed by atoms with Crippen LogP contribution in [0.1, 0.15) is 40.0 Å². The van der Waals surface area contributed by atoms with Gasteiger partial charge in [-0.3, -0.25) is 0 Å². The molecule has 3 unspecified atom stereocenters. The molecule has 0 spiro atoms. The van der Waals surface area contributed by atoms with E-state index in [0.717, 1.165) is 11.8 Å². The summed E-state index contributed by atoms with van der Waals surface area (Å²) in [6.07, 6.45) is 4.12. The Balaban J connectivity index is 2.36. The molecule has 1 rings (SSSR count). The van der Waals surface area contributed by atoms with Crippen LogP contribution in [0.15, 0.2) is 0 Å². The summed E-state index contributed by atoms with van der Waals surface area (Å²) in [7, 11) is 0. The highest BCUT2D eigenvalue weighted by atomic mass is 14.7. The van der Waals surface area contributed by atoms with Crippen LogP contribution in [0.3, 0.4) is 0 Å². The molecule has 2 N–H and O–H groups in total. The fraction of sp³-hybridized carbons (Fsp3) is 1.00. The van der Waals surface area contributed by atoms with Gasteiger partial charge in [-0.15, -0.1) is 0 Å². The lowest BCUT2D eigenvalue weighted by Gasteiger charge is -2.22. The van der Waals surface area contributed by atoms with E-state index in [4.69, 9.17) is 5.73 Å². The molecular formula is C10H21N. The lowest BCUT2D eigenvalue weighted by atomic mass is 9.89. The first-order chi connectivity index (χ1) is 5.11.